The molecule has 3 N–H and O–H groups in total. The van der Waals surface area contributed by atoms with Crippen LogP contribution in [0.1, 0.15) is 125 Å². The van der Waals surface area contributed by atoms with E-state index in [9.17, 15) is 10.2 Å². The molecule has 0 aliphatic rings. The summed E-state index contributed by atoms with van der Waals surface area (Å²) in [5.74, 6) is 1.60. The average molecular weight is 615 g/mol. The van der Waals surface area contributed by atoms with Crippen LogP contribution in [0.15, 0.2) is 54.6 Å². The highest BCUT2D eigenvalue weighted by Crippen LogP contribution is 2.46. The molecule has 0 heterocycles. The fraction of sp³-hybridized carbons (Fsp3) is 0.561. The molecule has 2 atom stereocenters. The van der Waals surface area contributed by atoms with E-state index in [1.807, 2.05) is 26.8 Å². The van der Waals surface area contributed by atoms with Crippen LogP contribution in [-0.2, 0) is 23.8 Å². The summed E-state index contributed by atoms with van der Waals surface area (Å²) in [6.07, 6.45) is 3.34. The predicted octanol–water partition coefficient (Wildman–Crippen LogP) is 11.5. The van der Waals surface area contributed by atoms with Crippen molar-refractivity contribution >= 4 is 17.1 Å². The minimum Gasteiger partial charge on any atom is -0.507 e. The number of phenols is 2. The van der Waals surface area contributed by atoms with E-state index in [2.05, 4.69) is 128 Å². The van der Waals surface area contributed by atoms with Crippen molar-refractivity contribution in [2.45, 2.75) is 133 Å². The van der Waals surface area contributed by atoms with E-state index < -0.39 is 5.41 Å². The van der Waals surface area contributed by atoms with Crippen molar-refractivity contribution in [1.29, 1.82) is 0 Å². The van der Waals surface area contributed by atoms with Crippen LogP contribution >= 0.6 is 0 Å². The number of phenolic OH excluding ortho intramolecular Hbond substituents is 2. The van der Waals surface area contributed by atoms with Crippen molar-refractivity contribution < 1.29 is 10.2 Å². The maximum atomic E-state index is 11.6. The van der Waals surface area contributed by atoms with Gasteiger partial charge in [-0.1, -0.05) is 95.2 Å². The van der Waals surface area contributed by atoms with Crippen LogP contribution in [-0.4, -0.2) is 16.3 Å². The predicted molar refractivity (Wildman–Crippen MR) is 195 cm³/mol. The minimum absolute atomic E-state index is 0.198. The molecule has 3 rings (SSSR count). The summed E-state index contributed by atoms with van der Waals surface area (Å²) in [5, 5.41) is 26.5. The van der Waals surface area contributed by atoms with Gasteiger partial charge >= 0.3 is 0 Å². The van der Waals surface area contributed by atoms with Crippen molar-refractivity contribution in [1.82, 2.24) is 0 Å². The lowest BCUT2D eigenvalue weighted by Crippen LogP contribution is -2.34. The van der Waals surface area contributed by atoms with Gasteiger partial charge in [-0.05, 0) is 102 Å². The lowest BCUT2D eigenvalue weighted by molar-refractivity contribution is 0.306. The molecule has 4 nitrogen and oxygen atoms in total. The summed E-state index contributed by atoms with van der Waals surface area (Å²) >= 11 is 0. The van der Waals surface area contributed by atoms with Crippen molar-refractivity contribution in [2.24, 2.45) is 17.3 Å². The fourth-order valence-corrected chi connectivity index (χ4v) is 6.76. The third kappa shape index (κ3) is 10.2. The minimum atomic E-state index is -0.408. The molecule has 0 aliphatic carbocycles. The topological polar surface area (TPSA) is 55.7 Å². The molecule has 0 saturated carbocycles. The van der Waals surface area contributed by atoms with Gasteiger partial charge in [0, 0.05) is 46.3 Å². The number of anilines is 3. The SMILES string of the molecule is CC(C)CC(C)N(Cc1cc(C(C)(C)C)c(O)c(C(C)(C)C)c1O)c1ccc(Nc2ccc(CC(C)CC(C)(C)C)cc2)cc1. The number of nitrogens with zero attached hydrogens (tertiary/aromatic N) is 1. The molecule has 0 spiro atoms. The van der Waals surface area contributed by atoms with E-state index in [1.165, 1.54) is 12.0 Å². The monoisotopic (exact) mass is 614 g/mol. The lowest BCUT2D eigenvalue weighted by Gasteiger charge is -2.35. The van der Waals surface area contributed by atoms with Gasteiger partial charge in [0.05, 0.1) is 0 Å². The zero-order valence-electron chi connectivity index (χ0n) is 30.6. The summed E-state index contributed by atoms with van der Waals surface area (Å²) in [7, 11) is 0. The van der Waals surface area contributed by atoms with Gasteiger partial charge in [0.25, 0.3) is 0 Å². The van der Waals surface area contributed by atoms with Gasteiger partial charge in [0.2, 0.25) is 0 Å². The van der Waals surface area contributed by atoms with Crippen molar-refractivity contribution in [3.8, 4) is 11.5 Å². The number of hydrogen-bond acceptors (Lipinski definition) is 4. The third-order valence-corrected chi connectivity index (χ3v) is 8.58. The maximum Gasteiger partial charge on any atom is 0.128 e. The van der Waals surface area contributed by atoms with E-state index in [-0.39, 0.29) is 23.0 Å². The first kappa shape index (κ1) is 36.3. The first-order chi connectivity index (χ1) is 20.7. The summed E-state index contributed by atoms with van der Waals surface area (Å²) in [6.45, 7) is 29.1. The molecule has 45 heavy (non-hydrogen) atoms. The Balaban J connectivity index is 1.89. The molecular formula is C41H62N2O2. The molecule has 0 saturated heterocycles. The second-order valence-corrected chi connectivity index (χ2v) is 17.2. The molecule has 3 aromatic carbocycles. The Kier molecular flexibility index (Phi) is 11.4. The standard InChI is InChI=1S/C41H62N2O2/c1-27(2)22-29(4)43(26-31-24-35(40(8,9)10)38(45)36(37(31)44)41(11,12)13)34-20-18-33(19-21-34)42-32-16-14-30(15-17-32)23-28(3)25-39(5,6)7/h14-21,24,27-29,42,44-45H,22-23,25-26H2,1-13H3. The Labute approximate surface area is 275 Å². The normalized spacial score (nSPS) is 14.0. The van der Waals surface area contributed by atoms with E-state index in [4.69, 9.17) is 0 Å². The smallest absolute Gasteiger partial charge is 0.128 e. The van der Waals surface area contributed by atoms with Crippen LogP contribution in [0.4, 0.5) is 17.1 Å². The van der Waals surface area contributed by atoms with Gasteiger partial charge in [-0.3, -0.25) is 0 Å². The van der Waals surface area contributed by atoms with E-state index in [0.717, 1.165) is 41.0 Å². The van der Waals surface area contributed by atoms with E-state index in [1.54, 1.807) is 0 Å². The maximum absolute atomic E-state index is 11.6. The van der Waals surface area contributed by atoms with Crippen LogP contribution in [0.25, 0.3) is 0 Å². The summed E-state index contributed by atoms with van der Waals surface area (Å²) in [4.78, 5) is 2.39. The van der Waals surface area contributed by atoms with Crippen LogP contribution in [0, 0.1) is 17.3 Å². The van der Waals surface area contributed by atoms with Gasteiger partial charge in [-0.2, -0.15) is 0 Å². The van der Waals surface area contributed by atoms with E-state index >= 15 is 0 Å². The zero-order chi connectivity index (χ0) is 33.9. The molecule has 0 amide bonds. The molecule has 0 aliphatic heterocycles. The number of benzene rings is 3. The number of nitrogens with one attached hydrogen (secondary N) is 1. The lowest BCUT2D eigenvalue weighted by atomic mass is 9.77. The summed E-state index contributed by atoms with van der Waals surface area (Å²) in [6, 6.07) is 19.7. The molecule has 0 fully saturated rings. The molecule has 3 aromatic rings. The number of aromatic hydroxyl groups is 2. The van der Waals surface area contributed by atoms with Gasteiger partial charge in [-0.15, -0.1) is 0 Å². The van der Waals surface area contributed by atoms with Crippen molar-refractivity contribution in [3.05, 3.63) is 76.9 Å². The first-order valence-corrected chi connectivity index (χ1v) is 17.0. The largest absolute Gasteiger partial charge is 0.507 e. The van der Waals surface area contributed by atoms with Crippen LogP contribution in [0.2, 0.25) is 0 Å². The Bertz CT molecular complexity index is 1380. The van der Waals surface area contributed by atoms with Crippen LogP contribution in [0.5, 0.6) is 11.5 Å². The fourth-order valence-electron chi connectivity index (χ4n) is 6.76. The van der Waals surface area contributed by atoms with Crippen LogP contribution in [0.3, 0.4) is 0 Å². The van der Waals surface area contributed by atoms with Gasteiger partial charge in [0.15, 0.2) is 0 Å². The van der Waals surface area contributed by atoms with E-state index in [0.29, 0.717) is 29.4 Å². The number of rotatable bonds is 11. The Morgan fingerprint density at radius 2 is 1.24 bits per heavy atom. The van der Waals surface area contributed by atoms with Crippen molar-refractivity contribution in [3.63, 3.8) is 0 Å². The zero-order valence-corrected chi connectivity index (χ0v) is 30.6. The molecule has 2 unspecified atom stereocenters. The van der Waals surface area contributed by atoms with Crippen LogP contribution < -0.4 is 10.2 Å². The summed E-state index contributed by atoms with van der Waals surface area (Å²) in [5.41, 5.74) is 6.62. The Morgan fingerprint density at radius 3 is 1.71 bits per heavy atom. The highest BCUT2D eigenvalue weighted by molar-refractivity contribution is 5.64. The molecule has 0 radical (unpaired) electrons. The Morgan fingerprint density at radius 1 is 0.711 bits per heavy atom. The molecule has 0 aromatic heterocycles. The second kappa shape index (κ2) is 14.1. The second-order valence-electron chi connectivity index (χ2n) is 17.2. The average Bonchev–Trinajstić information content (AvgIpc) is 2.87. The molecule has 248 valence electrons. The van der Waals surface area contributed by atoms with Crippen molar-refractivity contribution in [2.75, 3.05) is 10.2 Å². The molecule has 4 heteroatoms. The summed E-state index contributed by atoms with van der Waals surface area (Å²) < 4.78 is 0. The molecular weight excluding hydrogens is 552 g/mol. The third-order valence-electron chi connectivity index (χ3n) is 8.58. The Hall–Kier alpha value is -3.14. The van der Waals surface area contributed by atoms with Gasteiger partial charge < -0.3 is 20.4 Å². The van der Waals surface area contributed by atoms with Gasteiger partial charge in [-0.25, -0.2) is 0 Å². The first-order valence-electron chi connectivity index (χ1n) is 17.0. The number of hydrogen-bond donors (Lipinski definition) is 3. The highest BCUT2D eigenvalue weighted by atomic mass is 16.3. The van der Waals surface area contributed by atoms with Gasteiger partial charge in [0.1, 0.15) is 11.5 Å². The molecule has 0 bridgehead atoms. The highest BCUT2D eigenvalue weighted by Gasteiger charge is 2.31. The quantitative estimate of drug-likeness (QED) is 0.201.